The molecule has 152 valence electrons. The molecule has 4 aromatic rings. The number of carbonyl (C=O) groups excluding carboxylic acids is 1. The highest BCUT2D eigenvalue weighted by Crippen LogP contribution is 2.31. The largest absolute Gasteiger partial charge is 0.463 e. The van der Waals surface area contributed by atoms with Gasteiger partial charge < -0.3 is 14.2 Å². The number of hydrogen-bond acceptors (Lipinski definition) is 7. The van der Waals surface area contributed by atoms with Gasteiger partial charge in [0.2, 0.25) is 11.1 Å². The number of carbonyl (C=O) groups is 1. The van der Waals surface area contributed by atoms with Gasteiger partial charge in [0.1, 0.15) is 5.69 Å². The summed E-state index contributed by atoms with van der Waals surface area (Å²) >= 11 is 1.23. The number of aryl methyl sites for hydroxylation is 2. The maximum atomic E-state index is 12.7. The molecule has 0 radical (unpaired) electrons. The molecule has 1 amide bonds. The van der Waals surface area contributed by atoms with E-state index < -0.39 is 5.25 Å². The summed E-state index contributed by atoms with van der Waals surface area (Å²) in [4.78, 5) is 17.3. The molecule has 0 aliphatic heterocycles. The minimum absolute atomic E-state index is 0.132. The van der Waals surface area contributed by atoms with Crippen LogP contribution in [0.1, 0.15) is 18.1 Å². The van der Waals surface area contributed by atoms with E-state index in [2.05, 4.69) is 20.5 Å². The number of rotatable bonds is 6. The quantitative estimate of drug-likeness (QED) is 0.432. The van der Waals surface area contributed by atoms with Crippen LogP contribution in [0.3, 0.4) is 0 Å². The SMILES string of the molecule is Cc1ccc(C)c(NC(=O)C(C)Sc2nnc(-c3ccco3)c(-c3ccco3)n2)c1. The van der Waals surface area contributed by atoms with Crippen molar-refractivity contribution >= 4 is 23.4 Å². The minimum atomic E-state index is -0.425. The minimum Gasteiger partial charge on any atom is -0.463 e. The van der Waals surface area contributed by atoms with E-state index >= 15 is 0 Å². The Morgan fingerprint density at radius 2 is 1.70 bits per heavy atom. The Bertz CT molecular complexity index is 1160. The molecule has 0 saturated carbocycles. The molecule has 0 aliphatic carbocycles. The molecule has 0 bridgehead atoms. The first-order valence-electron chi connectivity index (χ1n) is 9.38. The predicted molar refractivity (Wildman–Crippen MR) is 115 cm³/mol. The monoisotopic (exact) mass is 420 g/mol. The molecule has 1 unspecified atom stereocenters. The molecule has 1 atom stereocenters. The molecule has 1 N–H and O–H groups in total. The van der Waals surface area contributed by atoms with Crippen molar-refractivity contribution in [2.24, 2.45) is 0 Å². The lowest BCUT2D eigenvalue weighted by Crippen LogP contribution is -2.23. The number of nitrogens with zero attached hydrogens (tertiary/aromatic N) is 3. The Kier molecular flexibility index (Phi) is 5.67. The molecule has 30 heavy (non-hydrogen) atoms. The molecule has 0 saturated heterocycles. The van der Waals surface area contributed by atoms with E-state index in [0.717, 1.165) is 16.8 Å². The van der Waals surface area contributed by atoms with Crippen LogP contribution in [0.15, 0.2) is 69.0 Å². The second-order valence-corrected chi connectivity index (χ2v) is 8.12. The summed E-state index contributed by atoms with van der Waals surface area (Å²) in [6.45, 7) is 5.76. The summed E-state index contributed by atoms with van der Waals surface area (Å²) in [6.07, 6.45) is 3.13. The third-order valence-corrected chi connectivity index (χ3v) is 5.43. The molecule has 3 aromatic heterocycles. The molecule has 1 aromatic carbocycles. The second kappa shape index (κ2) is 8.54. The molecular weight excluding hydrogens is 400 g/mol. The van der Waals surface area contributed by atoms with Gasteiger partial charge in [0.25, 0.3) is 0 Å². The maximum Gasteiger partial charge on any atom is 0.237 e. The van der Waals surface area contributed by atoms with Crippen molar-refractivity contribution in [3.63, 3.8) is 0 Å². The first kappa shape index (κ1) is 19.9. The van der Waals surface area contributed by atoms with Crippen LogP contribution in [-0.2, 0) is 4.79 Å². The summed E-state index contributed by atoms with van der Waals surface area (Å²) < 4.78 is 11.0. The van der Waals surface area contributed by atoms with Gasteiger partial charge in [-0.05, 0) is 62.2 Å². The zero-order valence-electron chi connectivity index (χ0n) is 16.7. The summed E-state index contributed by atoms with van der Waals surface area (Å²) in [7, 11) is 0. The van der Waals surface area contributed by atoms with Gasteiger partial charge in [-0.2, -0.15) is 0 Å². The number of hydrogen-bond donors (Lipinski definition) is 1. The van der Waals surface area contributed by atoms with E-state index in [-0.39, 0.29) is 5.91 Å². The highest BCUT2D eigenvalue weighted by molar-refractivity contribution is 8.00. The zero-order valence-corrected chi connectivity index (χ0v) is 17.6. The fourth-order valence-corrected chi connectivity index (χ4v) is 3.56. The Balaban J connectivity index is 1.56. The number of anilines is 1. The molecule has 4 rings (SSSR count). The van der Waals surface area contributed by atoms with Crippen LogP contribution in [0.5, 0.6) is 0 Å². The number of thioether (sulfide) groups is 1. The highest BCUT2D eigenvalue weighted by Gasteiger charge is 2.21. The van der Waals surface area contributed by atoms with Crippen molar-refractivity contribution in [3.05, 3.63) is 66.1 Å². The van der Waals surface area contributed by atoms with Crippen LogP contribution >= 0.6 is 11.8 Å². The zero-order chi connectivity index (χ0) is 21.1. The van der Waals surface area contributed by atoms with Crippen LogP contribution in [0, 0.1) is 13.8 Å². The number of amides is 1. The van der Waals surface area contributed by atoms with Crippen molar-refractivity contribution < 1.29 is 13.6 Å². The smallest absolute Gasteiger partial charge is 0.237 e. The van der Waals surface area contributed by atoms with Gasteiger partial charge in [0, 0.05) is 5.69 Å². The molecule has 0 spiro atoms. The molecule has 7 nitrogen and oxygen atoms in total. The number of furan rings is 2. The molecule has 8 heteroatoms. The fraction of sp³-hybridized carbons (Fsp3) is 0.182. The van der Waals surface area contributed by atoms with Crippen LogP contribution in [0.2, 0.25) is 0 Å². The van der Waals surface area contributed by atoms with Gasteiger partial charge in [-0.3, -0.25) is 4.79 Å². The van der Waals surface area contributed by atoms with E-state index in [1.54, 1.807) is 36.8 Å². The Hall–Kier alpha value is -3.39. The van der Waals surface area contributed by atoms with Crippen LogP contribution in [0.4, 0.5) is 5.69 Å². The van der Waals surface area contributed by atoms with E-state index in [9.17, 15) is 4.79 Å². The standard InChI is InChI=1S/C22H20N4O3S/c1-13-8-9-14(2)16(12-13)23-21(27)15(3)30-22-24-19(17-6-4-10-28-17)20(25-26-22)18-7-5-11-29-18/h4-12,15H,1-3H3,(H,23,27). The van der Waals surface area contributed by atoms with Crippen LogP contribution < -0.4 is 5.32 Å². The third-order valence-electron chi connectivity index (χ3n) is 4.48. The van der Waals surface area contributed by atoms with Crippen LogP contribution in [0.25, 0.3) is 22.9 Å². The Morgan fingerprint density at radius 1 is 1.00 bits per heavy atom. The number of nitrogens with one attached hydrogen (secondary N) is 1. The van der Waals surface area contributed by atoms with Gasteiger partial charge >= 0.3 is 0 Å². The van der Waals surface area contributed by atoms with Gasteiger partial charge in [-0.1, -0.05) is 23.9 Å². The fourth-order valence-electron chi connectivity index (χ4n) is 2.84. The van der Waals surface area contributed by atoms with E-state index in [0.29, 0.717) is 28.1 Å². The highest BCUT2D eigenvalue weighted by atomic mass is 32.2. The molecule has 0 fully saturated rings. The summed E-state index contributed by atoms with van der Waals surface area (Å²) in [5, 5.41) is 11.4. The first-order valence-corrected chi connectivity index (χ1v) is 10.3. The van der Waals surface area contributed by atoms with Crippen molar-refractivity contribution in [3.8, 4) is 22.9 Å². The molecule has 3 heterocycles. The maximum absolute atomic E-state index is 12.7. The summed E-state index contributed by atoms with van der Waals surface area (Å²) in [6, 6.07) is 13.1. The lowest BCUT2D eigenvalue weighted by molar-refractivity contribution is -0.115. The van der Waals surface area contributed by atoms with Gasteiger partial charge in [-0.25, -0.2) is 4.98 Å². The summed E-state index contributed by atoms with van der Waals surface area (Å²) in [5.41, 5.74) is 3.88. The first-order chi connectivity index (χ1) is 14.5. The Morgan fingerprint density at radius 3 is 2.37 bits per heavy atom. The normalized spacial score (nSPS) is 12.0. The molecule has 0 aliphatic rings. The average Bonchev–Trinajstić information content (AvgIpc) is 3.44. The van der Waals surface area contributed by atoms with Crippen molar-refractivity contribution in [2.75, 3.05) is 5.32 Å². The Labute approximate surface area is 177 Å². The molecular formula is C22H20N4O3S. The van der Waals surface area contributed by atoms with E-state index in [1.165, 1.54) is 11.8 Å². The van der Waals surface area contributed by atoms with E-state index in [1.807, 2.05) is 39.0 Å². The topological polar surface area (TPSA) is 94.1 Å². The van der Waals surface area contributed by atoms with Crippen molar-refractivity contribution in [2.45, 2.75) is 31.2 Å². The lowest BCUT2D eigenvalue weighted by Gasteiger charge is -2.13. The van der Waals surface area contributed by atoms with E-state index in [4.69, 9.17) is 8.83 Å². The second-order valence-electron chi connectivity index (χ2n) is 6.81. The predicted octanol–water partition coefficient (Wildman–Crippen LogP) is 5.13. The van der Waals surface area contributed by atoms with Crippen LogP contribution in [-0.4, -0.2) is 26.3 Å². The van der Waals surface area contributed by atoms with Gasteiger partial charge in [0.05, 0.1) is 17.8 Å². The van der Waals surface area contributed by atoms with Gasteiger partial charge in [-0.15, -0.1) is 10.2 Å². The number of benzene rings is 1. The number of aromatic nitrogens is 3. The van der Waals surface area contributed by atoms with Crippen molar-refractivity contribution in [1.82, 2.24) is 15.2 Å². The van der Waals surface area contributed by atoms with Gasteiger partial charge in [0.15, 0.2) is 17.2 Å². The van der Waals surface area contributed by atoms with Crippen molar-refractivity contribution in [1.29, 1.82) is 0 Å². The average molecular weight is 420 g/mol. The third kappa shape index (κ3) is 4.28. The lowest BCUT2D eigenvalue weighted by atomic mass is 10.1. The summed E-state index contributed by atoms with van der Waals surface area (Å²) in [5.74, 6) is 0.955.